The summed E-state index contributed by atoms with van der Waals surface area (Å²) in [6, 6.07) is 9.76. The minimum absolute atomic E-state index is 0.518. The van der Waals surface area contributed by atoms with Gasteiger partial charge in [-0.15, -0.1) is 0 Å². The Bertz CT molecular complexity index is 605. The molecule has 3 heteroatoms. The first kappa shape index (κ1) is 14.3. The van der Waals surface area contributed by atoms with Crippen LogP contribution in [0.5, 0.6) is 0 Å². The summed E-state index contributed by atoms with van der Waals surface area (Å²) in [5, 5.41) is 6.25. The largest absolute Gasteiger partial charge is 0.365 e. The molecule has 1 aromatic heterocycles. The van der Waals surface area contributed by atoms with Gasteiger partial charge < -0.3 is 10.2 Å². The van der Waals surface area contributed by atoms with Gasteiger partial charge in [0.25, 0.3) is 0 Å². The number of fused-ring (bicyclic) bond motifs is 1. The SMILES string of the molecule is CCC(C)C1CN(c2cccc3cnccc23)C(C)CN1. The van der Waals surface area contributed by atoms with Crippen LogP contribution in [0.1, 0.15) is 27.2 Å². The van der Waals surface area contributed by atoms with Gasteiger partial charge in [0.15, 0.2) is 0 Å². The van der Waals surface area contributed by atoms with Gasteiger partial charge in [-0.2, -0.15) is 0 Å². The smallest absolute Gasteiger partial charge is 0.0450 e. The predicted molar refractivity (Wildman–Crippen MR) is 89.8 cm³/mol. The van der Waals surface area contributed by atoms with Crippen LogP contribution < -0.4 is 10.2 Å². The molecule has 1 aliphatic rings. The van der Waals surface area contributed by atoms with Gasteiger partial charge in [-0.1, -0.05) is 32.4 Å². The van der Waals surface area contributed by atoms with E-state index < -0.39 is 0 Å². The molecule has 0 radical (unpaired) electrons. The standard InChI is InChI=1S/C18H25N3/c1-4-13(2)17-12-21(14(3)10-20-17)18-7-5-6-15-11-19-9-8-16(15)18/h5-9,11,13-14,17,20H,4,10,12H2,1-3H3. The first-order valence-corrected chi connectivity index (χ1v) is 8.03. The van der Waals surface area contributed by atoms with Crippen LogP contribution in [0.25, 0.3) is 10.8 Å². The maximum Gasteiger partial charge on any atom is 0.0450 e. The van der Waals surface area contributed by atoms with Crippen LogP contribution in [0.2, 0.25) is 0 Å². The number of hydrogen-bond donors (Lipinski definition) is 1. The van der Waals surface area contributed by atoms with Gasteiger partial charge in [0.05, 0.1) is 0 Å². The Hall–Kier alpha value is -1.61. The van der Waals surface area contributed by atoms with Crippen LogP contribution >= 0.6 is 0 Å². The highest BCUT2D eigenvalue weighted by atomic mass is 15.2. The van der Waals surface area contributed by atoms with Gasteiger partial charge in [-0.3, -0.25) is 4.98 Å². The summed E-state index contributed by atoms with van der Waals surface area (Å²) < 4.78 is 0. The Labute approximate surface area is 127 Å². The quantitative estimate of drug-likeness (QED) is 0.935. The molecular formula is C18H25N3. The highest BCUT2D eigenvalue weighted by molar-refractivity contribution is 5.93. The topological polar surface area (TPSA) is 28.2 Å². The summed E-state index contributed by atoms with van der Waals surface area (Å²) in [6.07, 6.45) is 5.07. The van der Waals surface area contributed by atoms with E-state index in [1.54, 1.807) is 0 Å². The zero-order valence-electron chi connectivity index (χ0n) is 13.2. The Balaban J connectivity index is 1.96. The molecule has 2 aromatic rings. The van der Waals surface area contributed by atoms with E-state index in [0.29, 0.717) is 18.0 Å². The third-order valence-electron chi connectivity index (χ3n) is 4.90. The van der Waals surface area contributed by atoms with E-state index in [9.17, 15) is 0 Å². The van der Waals surface area contributed by atoms with E-state index in [0.717, 1.165) is 13.1 Å². The van der Waals surface area contributed by atoms with Crippen molar-refractivity contribution < 1.29 is 0 Å². The highest BCUT2D eigenvalue weighted by Crippen LogP contribution is 2.29. The Morgan fingerprint density at radius 1 is 1.38 bits per heavy atom. The molecule has 1 fully saturated rings. The fraction of sp³-hybridized carbons (Fsp3) is 0.500. The number of nitrogens with zero attached hydrogens (tertiary/aromatic N) is 2. The van der Waals surface area contributed by atoms with Crippen LogP contribution in [0.15, 0.2) is 36.7 Å². The number of piperazine rings is 1. The lowest BCUT2D eigenvalue weighted by molar-refractivity contribution is 0.316. The van der Waals surface area contributed by atoms with Crippen molar-refractivity contribution in [2.75, 3.05) is 18.0 Å². The molecule has 1 saturated heterocycles. The molecule has 1 aromatic carbocycles. The van der Waals surface area contributed by atoms with E-state index in [2.05, 4.69) is 60.2 Å². The normalized spacial score (nSPS) is 24.2. The van der Waals surface area contributed by atoms with Gasteiger partial charge >= 0.3 is 0 Å². The van der Waals surface area contributed by atoms with E-state index in [-0.39, 0.29) is 0 Å². The number of rotatable bonds is 3. The minimum atomic E-state index is 0.518. The van der Waals surface area contributed by atoms with Crippen molar-refractivity contribution in [1.29, 1.82) is 0 Å². The lowest BCUT2D eigenvalue weighted by Gasteiger charge is -2.42. The zero-order chi connectivity index (χ0) is 14.8. The van der Waals surface area contributed by atoms with Gasteiger partial charge in [-0.25, -0.2) is 0 Å². The Morgan fingerprint density at radius 2 is 2.24 bits per heavy atom. The van der Waals surface area contributed by atoms with Crippen LogP contribution in [0.3, 0.4) is 0 Å². The van der Waals surface area contributed by atoms with Gasteiger partial charge in [-0.05, 0) is 25.0 Å². The molecule has 3 rings (SSSR count). The van der Waals surface area contributed by atoms with Crippen molar-refractivity contribution in [3.05, 3.63) is 36.7 Å². The van der Waals surface area contributed by atoms with Gasteiger partial charge in [0.2, 0.25) is 0 Å². The molecule has 0 aliphatic carbocycles. The molecule has 0 spiro atoms. The van der Waals surface area contributed by atoms with Crippen molar-refractivity contribution >= 4 is 16.5 Å². The number of aromatic nitrogens is 1. The molecule has 0 amide bonds. The summed E-state index contributed by atoms with van der Waals surface area (Å²) >= 11 is 0. The summed E-state index contributed by atoms with van der Waals surface area (Å²) in [4.78, 5) is 6.81. The third-order valence-corrected chi connectivity index (χ3v) is 4.90. The molecular weight excluding hydrogens is 258 g/mol. The number of anilines is 1. The first-order valence-electron chi connectivity index (χ1n) is 8.03. The molecule has 2 heterocycles. The molecule has 21 heavy (non-hydrogen) atoms. The summed E-state index contributed by atoms with van der Waals surface area (Å²) in [5.74, 6) is 0.705. The fourth-order valence-electron chi connectivity index (χ4n) is 3.25. The molecule has 1 aliphatic heterocycles. The third kappa shape index (κ3) is 2.75. The molecule has 3 atom stereocenters. The molecule has 112 valence electrons. The zero-order valence-corrected chi connectivity index (χ0v) is 13.2. The average Bonchev–Trinajstić information content (AvgIpc) is 2.54. The van der Waals surface area contributed by atoms with Crippen LogP contribution in [-0.2, 0) is 0 Å². The number of benzene rings is 1. The predicted octanol–water partition coefficient (Wildman–Crippen LogP) is 3.45. The molecule has 3 nitrogen and oxygen atoms in total. The molecule has 0 saturated carbocycles. The van der Waals surface area contributed by atoms with Crippen molar-refractivity contribution in [3.63, 3.8) is 0 Å². The maximum absolute atomic E-state index is 4.24. The Morgan fingerprint density at radius 3 is 3.05 bits per heavy atom. The van der Waals surface area contributed by atoms with E-state index >= 15 is 0 Å². The lowest BCUT2D eigenvalue weighted by atomic mass is 9.95. The second-order valence-corrected chi connectivity index (χ2v) is 6.28. The van der Waals surface area contributed by atoms with E-state index in [4.69, 9.17) is 0 Å². The number of hydrogen-bond acceptors (Lipinski definition) is 3. The van der Waals surface area contributed by atoms with Crippen molar-refractivity contribution in [2.24, 2.45) is 5.92 Å². The minimum Gasteiger partial charge on any atom is -0.365 e. The Kier molecular flexibility index (Phi) is 4.11. The first-order chi connectivity index (χ1) is 10.2. The monoisotopic (exact) mass is 283 g/mol. The molecule has 1 N–H and O–H groups in total. The van der Waals surface area contributed by atoms with Crippen molar-refractivity contribution in [1.82, 2.24) is 10.3 Å². The second-order valence-electron chi connectivity index (χ2n) is 6.28. The van der Waals surface area contributed by atoms with Crippen LogP contribution in [-0.4, -0.2) is 30.2 Å². The lowest BCUT2D eigenvalue weighted by Crippen LogP contribution is -2.57. The van der Waals surface area contributed by atoms with Crippen molar-refractivity contribution in [3.8, 4) is 0 Å². The van der Waals surface area contributed by atoms with Crippen LogP contribution in [0, 0.1) is 5.92 Å². The molecule has 0 bridgehead atoms. The summed E-state index contributed by atoms with van der Waals surface area (Å²) in [6.45, 7) is 9.06. The summed E-state index contributed by atoms with van der Waals surface area (Å²) in [5.41, 5.74) is 1.34. The van der Waals surface area contributed by atoms with Crippen molar-refractivity contribution in [2.45, 2.75) is 39.3 Å². The average molecular weight is 283 g/mol. The van der Waals surface area contributed by atoms with E-state index in [1.165, 1.54) is 22.9 Å². The number of nitrogens with one attached hydrogen (secondary N) is 1. The van der Waals surface area contributed by atoms with E-state index in [1.807, 2.05) is 12.4 Å². The van der Waals surface area contributed by atoms with Gasteiger partial charge in [0, 0.05) is 54.0 Å². The highest BCUT2D eigenvalue weighted by Gasteiger charge is 2.28. The number of pyridine rings is 1. The summed E-state index contributed by atoms with van der Waals surface area (Å²) in [7, 11) is 0. The maximum atomic E-state index is 4.24. The van der Waals surface area contributed by atoms with Crippen LogP contribution in [0.4, 0.5) is 5.69 Å². The molecule has 3 unspecified atom stereocenters. The second kappa shape index (κ2) is 6.02. The fourth-order valence-corrected chi connectivity index (χ4v) is 3.25. The van der Waals surface area contributed by atoms with Gasteiger partial charge in [0.1, 0.15) is 0 Å².